The van der Waals surface area contributed by atoms with Crippen molar-refractivity contribution in [1.29, 1.82) is 0 Å². The summed E-state index contributed by atoms with van der Waals surface area (Å²) in [5.74, 6) is 1.01. The van der Waals surface area contributed by atoms with E-state index in [0.29, 0.717) is 0 Å². The van der Waals surface area contributed by atoms with Crippen LogP contribution in [-0.2, 0) is 19.3 Å². The van der Waals surface area contributed by atoms with E-state index in [2.05, 4.69) is 60.5 Å². The molecule has 1 aliphatic heterocycles. The van der Waals surface area contributed by atoms with Crippen molar-refractivity contribution >= 4 is 10.9 Å². The summed E-state index contributed by atoms with van der Waals surface area (Å²) in [5, 5.41) is 4.96. The number of aromatic amines is 1. The van der Waals surface area contributed by atoms with E-state index < -0.39 is 0 Å². The molecular formula is C23H28N2O. The topological polar surface area (TPSA) is 37.0 Å². The van der Waals surface area contributed by atoms with Crippen molar-refractivity contribution in [2.75, 3.05) is 19.7 Å². The number of hydrogen-bond donors (Lipinski definition) is 2. The molecule has 0 fully saturated rings. The van der Waals surface area contributed by atoms with Crippen molar-refractivity contribution in [2.45, 2.75) is 39.5 Å². The number of ether oxygens (including phenoxy) is 1. The fourth-order valence-corrected chi connectivity index (χ4v) is 4.10. The fourth-order valence-electron chi connectivity index (χ4n) is 4.10. The van der Waals surface area contributed by atoms with Crippen LogP contribution in [0, 0.1) is 13.8 Å². The minimum absolute atomic E-state index is 0.758. The van der Waals surface area contributed by atoms with Gasteiger partial charge in [-0.25, -0.2) is 0 Å². The number of fused-ring (bicyclic) bond motifs is 3. The average molecular weight is 348 g/mol. The highest BCUT2D eigenvalue weighted by Crippen LogP contribution is 2.28. The van der Waals surface area contributed by atoms with Crippen LogP contribution >= 0.6 is 0 Å². The number of nitrogens with one attached hydrogen (secondary N) is 2. The Kier molecular flexibility index (Phi) is 4.98. The van der Waals surface area contributed by atoms with Crippen LogP contribution in [0.2, 0.25) is 0 Å². The predicted octanol–water partition coefficient (Wildman–Crippen LogP) is 4.48. The lowest BCUT2D eigenvalue weighted by Gasteiger charge is -2.10. The third kappa shape index (κ3) is 3.49. The van der Waals surface area contributed by atoms with Crippen LogP contribution in [-0.4, -0.2) is 24.7 Å². The molecule has 0 aliphatic carbocycles. The van der Waals surface area contributed by atoms with Crippen LogP contribution in [0.25, 0.3) is 10.9 Å². The smallest absolute Gasteiger partial charge is 0.122 e. The Labute approximate surface area is 155 Å². The average Bonchev–Trinajstić information content (AvgIpc) is 2.82. The summed E-state index contributed by atoms with van der Waals surface area (Å²) in [4.78, 5) is 3.65. The lowest BCUT2D eigenvalue weighted by molar-refractivity contribution is 0.309. The summed E-state index contributed by atoms with van der Waals surface area (Å²) in [6.45, 7) is 7.14. The van der Waals surface area contributed by atoms with Crippen LogP contribution in [0.1, 0.15) is 34.4 Å². The van der Waals surface area contributed by atoms with Gasteiger partial charge in [-0.2, -0.15) is 0 Å². The molecule has 3 aromatic rings. The molecule has 2 heterocycles. The van der Waals surface area contributed by atoms with Gasteiger partial charge in [-0.3, -0.25) is 0 Å². The van der Waals surface area contributed by atoms with E-state index in [4.69, 9.17) is 4.74 Å². The zero-order valence-electron chi connectivity index (χ0n) is 15.8. The van der Waals surface area contributed by atoms with Crippen molar-refractivity contribution < 1.29 is 4.74 Å². The summed E-state index contributed by atoms with van der Waals surface area (Å²) in [6.07, 6.45) is 4.30. The number of rotatable bonds is 5. The van der Waals surface area contributed by atoms with Crippen LogP contribution in [0.5, 0.6) is 5.75 Å². The lowest BCUT2D eigenvalue weighted by atomic mass is 9.99. The van der Waals surface area contributed by atoms with Gasteiger partial charge in [0.05, 0.1) is 6.61 Å². The van der Waals surface area contributed by atoms with E-state index in [1.807, 2.05) is 0 Å². The second-order valence-electron chi connectivity index (χ2n) is 7.39. The van der Waals surface area contributed by atoms with E-state index in [-0.39, 0.29) is 0 Å². The summed E-state index contributed by atoms with van der Waals surface area (Å²) in [5.41, 5.74) is 8.19. The largest absolute Gasteiger partial charge is 0.493 e. The molecule has 2 aromatic carbocycles. The maximum Gasteiger partial charge on any atom is 0.122 e. The summed E-state index contributed by atoms with van der Waals surface area (Å²) < 4.78 is 6.02. The van der Waals surface area contributed by atoms with Crippen molar-refractivity contribution in [2.24, 2.45) is 0 Å². The number of aryl methyl sites for hydroxylation is 3. The molecule has 0 atom stereocenters. The first-order chi connectivity index (χ1) is 12.7. The Balaban J connectivity index is 1.46. The van der Waals surface area contributed by atoms with Gasteiger partial charge >= 0.3 is 0 Å². The molecule has 0 amide bonds. The van der Waals surface area contributed by atoms with Crippen molar-refractivity contribution in [3.05, 3.63) is 64.3 Å². The zero-order valence-corrected chi connectivity index (χ0v) is 15.8. The molecule has 0 bridgehead atoms. The van der Waals surface area contributed by atoms with Gasteiger partial charge in [0, 0.05) is 29.6 Å². The highest BCUT2D eigenvalue weighted by molar-refractivity contribution is 5.88. The third-order valence-electron chi connectivity index (χ3n) is 5.38. The Bertz CT molecular complexity index is 910. The molecule has 0 unspecified atom stereocenters. The minimum Gasteiger partial charge on any atom is -0.493 e. The molecule has 0 spiro atoms. The second kappa shape index (κ2) is 7.55. The standard InChI is InChI=1S/C23H28N2O/c1-16-8-9-22(17(2)15-16)26-14-4-6-18-5-3-7-21-23(18)19-10-12-24-13-11-20(19)25-21/h3,5,7-9,15,24-25H,4,6,10-14H2,1-2H3. The van der Waals surface area contributed by atoms with Crippen LogP contribution in [0.3, 0.4) is 0 Å². The van der Waals surface area contributed by atoms with Crippen LogP contribution in [0.4, 0.5) is 0 Å². The van der Waals surface area contributed by atoms with E-state index >= 15 is 0 Å². The van der Waals surface area contributed by atoms with Gasteiger partial charge in [-0.15, -0.1) is 0 Å². The van der Waals surface area contributed by atoms with Gasteiger partial charge in [-0.1, -0.05) is 29.8 Å². The third-order valence-corrected chi connectivity index (χ3v) is 5.38. The Morgan fingerprint density at radius 3 is 2.81 bits per heavy atom. The monoisotopic (exact) mass is 348 g/mol. The number of hydrogen-bond acceptors (Lipinski definition) is 2. The molecule has 1 aliphatic rings. The maximum absolute atomic E-state index is 6.02. The molecule has 136 valence electrons. The molecule has 0 saturated heterocycles. The van der Waals surface area contributed by atoms with Gasteiger partial charge in [0.25, 0.3) is 0 Å². The molecule has 3 nitrogen and oxygen atoms in total. The van der Waals surface area contributed by atoms with Crippen molar-refractivity contribution in [3.8, 4) is 5.75 Å². The first-order valence-electron chi connectivity index (χ1n) is 9.74. The summed E-state index contributed by atoms with van der Waals surface area (Å²) in [6, 6.07) is 13.1. The minimum atomic E-state index is 0.758. The van der Waals surface area contributed by atoms with Gasteiger partial charge in [0.1, 0.15) is 5.75 Å². The van der Waals surface area contributed by atoms with E-state index in [1.54, 1.807) is 0 Å². The number of H-pyrrole nitrogens is 1. The SMILES string of the molecule is Cc1ccc(OCCCc2cccc3[nH]c4c(c23)CCNCC4)c(C)c1. The highest BCUT2D eigenvalue weighted by Gasteiger charge is 2.16. The molecule has 0 radical (unpaired) electrons. The molecule has 2 N–H and O–H groups in total. The fraction of sp³-hybridized carbons (Fsp3) is 0.391. The van der Waals surface area contributed by atoms with E-state index in [0.717, 1.165) is 51.1 Å². The molecule has 26 heavy (non-hydrogen) atoms. The Morgan fingerprint density at radius 1 is 1.04 bits per heavy atom. The van der Waals surface area contributed by atoms with Gasteiger partial charge < -0.3 is 15.0 Å². The number of aromatic nitrogens is 1. The summed E-state index contributed by atoms with van der Waals surface area (Å²) in [7, 11) is 0. The Morgan fingerprint density at radius 2 is 1.92 bits per heavy atom. The van der Waals surface area contributed by atoms with Gasteiger partial charge in [-0.05, 0) is 68.5 Å². The van der Waals surface area contributed by atoms with Crippen molar-refractivity contribution in [1.82, 2.24) is 10.3 Å². The van der Waals surface area contributed by atoms with Crippen molar-refractivity contribution in [3.63, 3.8) is 0 Å². The maximum atomic E-state index is 6.02. The predicted molar refractivity (Wildman–Crippen MR) is 108 cm³/mol. The van der Waals surface area contributed by atoms with Crippen LogP contribution < -0.4 is 10.1 Å². The number of benzene rings is 2. The molecule has 1 aromatic heterocycles. The quantitative estimate of drug-likeness (QED) is 0.667. The summed E-state index contributed by atoms with van der Waals surface area (Å²) >= 11 is 0. The molecule has 4 rings (SSSR count). The van der Waals surface area contributed by atoms with Gasteiger partial charge in [0.2, 0.25) is 0 Å². The zero-order chi connectivity index (χ0) is 17.9. The lowest BCUT2D eigenvalue weighted by Crippen LogP contribution is -2.16. The highest BCUT2D eigenvalue weighted by atomic mass is 16.5. The first-order valence-corrected chi connectivity index (χ1v) is 9.74. The van der Waals surface area contributed by atoms with Crippen LogP contribution in [0.15, 0.2) is 36.4 Å². The first kappa shape index (κ1) is 17.2. The van der Waals surface area contributed by atoms with Gasteiger partial charge in [0.15, 0.2) is 0 Å². The van der Waals surface area contributed by atoms with E-state index in [1.165, 1.54) is 38.9 Å². The normalized spacial score (nSPS) is 14.2. The van der Waals surface area contributed by atoms with E-state index in [9.17, 15) is 0 Å². The second-order valence-corrected chi connectivity index (χ2v) is 7.39. The Hall–Kier alpha value is -2.26. The molecule has 3 heteroatoms. The molecule has 0 saturated carbocycles. The molecular weight excluding hydrogens is 320 g/mol.